The molecule has 0 aliphatic carbocycles. The highest BCUT2D eigenvalue weighted by Crippen LogP contribution is 2.25. The van der Waals surface area contributed by atoms with E-state index in [-0.39, 0.29) is 5.91 Å². The zero-order valence-electron chi connectivity index (χ0n) is 11.2. The lowest BCUT2D eigenvalue weighted by molar-refractivity contribution is 0.0784. The third kappa shape index (κ3) is 2.34. The maximum Gasteiger partial charge on any atom is 0.254 e. The van der Waals surface area contributed by atoms with Crippen molar-refractivity contribution in [3.63, 3.8) is 0 Å². The molecule has 1 aliphatic rings. The molecule has 0 saturated carbocycles. The van der Waals surface area contributed by atoms with Crippen LogP contribution in [0.5, 0.6) is 0 Å². The van der Waals surface area contributed by atoms with Crippen LogP contribution in [0.1, 0.15) is 29.8 Å². The quantitative estimate of drug-likeness (QED) is 0.621. The minimum absolute atomic E-state index is 0.132. The van der Waals surface area contributed by atoms with Crippen LogP contribution in [0, 0.1) is 18.8 Å². The molecule has 2 unspecified atom stereocenters. The van der Waals surface area contributed by atoms with E-state index in [2.05, 4.69) is 19.3 Å². The van der Waals surface area contributed by atoms with Crippen molar-refractivity contribution in [1.29, 1.82) is 0 Å². The van der Waals surface area contributed by atoms with Gasteiger partial charge in [0, 0.05) is 24.3 Å². The van der Waals surface area contributed by atoms with E-state index < -0.39 is 0 Å². The highest BCUT2D eigenvalue weighted by molar-refractivity contribution is 5.96. The molecular formula is C14H21N3O. The number of aryl methyl sites for hydroxylation is 1. The predicted molar refractivity (Wildman–Crippen MR) is 73.2 cm³/mol. The van der Waals surface area contributed by atoms with Gasteiger partial charge in [-0.25, -0.2) is 0 Å². The number of anilines is 1. The second-order valence-electron chi connectivity index (χ2n) is 5.34. The average molecular weight is 247 g/mol. The van der Waals surface area contributed by atoms with Gasteiger partial charge in [0.05, 0.1) is 0 Å². The van der Waals surface area contributed by atoms with Crippen molar-refractivity contribution >= 4 is 11.6 Å². The molecule has 3 N–H and O–H groups in total. The van der Waals surface area contributed by atoms with Crippen molar-refractivity contribution in [2.24, 2.45) is 17.7 Å². The Morgan fingerprint density at radius 3 is 2.44 bits per heavy atom. The Bertz CT molecular complexity index is 448. The zero-order valence-corrected chi connectivity index (χ0v) is 11.2. The van der Waals surface area contributed by atoms with E-state index in [1.54, 1.807) is 0 Å². The Hall–Kier alpha value is -1.55. The van der Waals surface area contributed by atoms with E-state index in [1.807, 2.05) is 30.0 Å². The summed E-state index contributed by atoms with van der Waals surface area (Å²) >= 11 is 0. The van der Waals surface area contributed by atoms with Crippen LogP contribution in [0.2, 0.25) is 0 Å². The van der Waals surface area contributed by atoms with E-state index >= 15 is 0 Å². The normalized spacial score (nSPS) is 23.2. The van der Waals surface area contributed by atoms with Gasteiger partial charge in [0.25, 0.3) is 5.91 Å². The van der Waals surface area contributed by atoms with Gasteiger partial charge in [-0.15, -0.1) is 0 Å². The standard InChI is InChI=1S/C14H21N3O/c1-9-6-12(16-15)4-5-13(9)14(18)17-7-10(2)11(3)8-17/h4-6,10-11,16H,7-8,15H2,1-3H3. The Morgan fingerprint density at radius 1 is 1.33 bits per heavy atom. The summed E-state index contributed by atoms with van der Waals surface area (Å²) in [6, 6.07) is 5.58. The fourth-order valence-corrected chi connectivity index (χ4v) is 2.46. The van der Waals surface area contributed by atoms with Crippen molar-refractivity contribution in [2.45, 2.75) is 20.8 Å². The summed E-state index contributed by atoms with van der Waals surface area (Å²) in [6.07, 6.45) is 0. The molecule has 0 aromatic heterocycles. The van der Waals surface area contributed by atoms with E-state index in [1.165, 1.54) is 0 Å². The molecular weight excluding hydrogens is 226 g/mol. The lowest BCUT2D eigenvalue weighted by Gasteiger charge is -2.18. The highest BCUT2D eigenvalue weighted by atomic mass is 16.2. The van der Waals surface area contributed by atoms with Crippen LogP contribution >= 0.6 is 0 Å². The first-order valence-electron chi connectivity index (χ1n) is 6.39. The molecule has 1 fully saturated rings. The summed E-state index contributed by atoms with van der Waals surface area (Å²) in [5.41, 5.74) is 5.15. The monoisotopic (exact) mass is 247 g/mol. The van der Waals surface area contributed by atoms with Crippen LogP contribution < -0.4 is 11.3 Å². The number of likely N-dealkylation sites (tertiary alicyclic amines) is 1. The van der Waals surface area contributed by atoms with Crippen LogP contribution in [0.3, 0.4) is 0 Å². The molecule has 0 bridgehead atoms. The average Bonchev–Trinajstić information content (AvgIpc) is 2.68. The third-order valence-electron chi connectivity index (χ3n) is 3.90. The van der Waals surface area contributed by atoms with E-state index in [0.29, 0.717) is 11.8 Å². The topological polar surface area (TPSA) is 58.4 Å². The molecule has 18 heavy (non-hydrogen) atoms. The summed E-state index contributed by atoms with van der Waals surface area (Å²) in [4.78, 5) is 14.4. The number of amides is 1. The molecule has 1 aromatic carbocycles. The molecule has 2 atom stereocenters. The van der Waals surface area contributed by atoms with Crippen molar-refractivity contribution in [3.8, 4) is 0 Å². The lowest BCUT2D eigenvalue weighted by atomic mass is 10.0. The smallest absolute Gasteiger partial charge is 0.254 e. The Morgan fingerprint density at radius 2 is 1.94 bits per heavy atom. The van der Waals surface area contributed by atoms with Gasteiger partial charge in [-0.1, -0.05) is 13.8 Å². The largest absolute Gasteiger partial charge is 0.338 e. The molecule has 4 heteroatoms. The molecule has 98 valence electrons. The number of nitrogens with zero attached hydrogens (tertiary/aromatic N) is 1. The minimum atomic E-state index is 0.132. The summed E-state index contributed by atoms with van der Waals surface area (Å²) in [5.74, 6) is 6.66. The van der Waals surface area contributed by atoms with Gasteiger partial charge in [0.15, 0.2) is 0 Å². The first-order valence-corrected chi connectivity index (χ1v) is 6.39. The van der Waals surface area contributed by atoms with Crippen molar-refractivity contribution in [2.75, 3.05) is 18.5 Å². The number of benzene rings is 1. The molecule has 1 aromatic rings. The number of nitrogen functional groups attached to an aromatic ring is 1. The van der Waals surface area contributed by atoms with Crippen molar-refractivity contribution in [1.82, 2.24) is 4.90 Å². The molecule has 1 saturated heterocycles. The van der Waals surface area contributed by atoms with Crippen LogP contribution in [0.15, 0.2) is 18.2 Å². The van der Waals surface area contributed by atoms with E-state index in [4.69, 9.17) is 5.84 Å². The van der Waals surface area contributed by atoms with E-state index in [9.17, 15) is 4.79 Å². The fourth-order valence-electron chi connectivity index (χ4n) is 2.46. The first kappa shape index (κ1) is 12.9. The number of carbonyl (C=O) groups is 1. The second kappa shape index (κ2) is 4.98. The fraction of sp³-hybridized carbons (Fsp3) is 0.500. The molecule has 0 radical (unpaired) electrons. The van der Waals surface area contributed by atoms with E-state index in [0.717, 1.165) is 29.9 Å². The Kier molecular flexibility index (Phi) is 3.57. The molecule has 2 rings (SSSR count). The third-order valence-corrected chi connectivity index (χ3v) is 3.90. The van der Waals surface area contributed by atoms with Gasteiger partial charge >= 0.3 is 0 Å². The van der Waals surface area contributed by atoms with Crippen molar-refractivity contribution < 1.29 is 4.79 Å². The van der Waals surface area contributed by atoms with Crippen molar-refractivity contribution in [3.05, 3.63) is 29.3 Å². The molecule has 4 nitrogen and oxygen atoms in total. The molecule has 0 spiro atoms. The van der Waals surface area contributed by atoms with Gasteiger partial charge in [-0.3, -0.25) is 10.6 Å². The number of nitrogens with one attached hydrogen (secondary N) is 1. The van der Waals surface area contributed by atoms with Gasteiger partial charge in [0.2, 0.25) is 0 Å². The van der Waals surface area contributed by atoms with Crippen LogP contribution in [0.4, 0.5) is 5.69 Å². The SMILES string of the molecule is Cc1cc(NN)ccc1C(=O)N1CC(C)C(C)C1. The first-order chi connectivity index (χ1) is 8.52. The Labute approximate surface area is 108 Å². The number of carbonyl (C=O) groups excluding carboxylic acids is 1. The van der Waals surface area contributed by atoms with Gasteiger partial charge in [-0.05, 0) is 42.5 Å². The second-order valence-corrected chi connectivity index (χ2v) is 5.34. The Balaban J connectivity index is 2.19. The summed E-state index contributed by atoms with van der Waals surface area (Å²) < 4.78 is 0. The molecule has 1 amide bonds. The van der Waals surface area contributed by atoms with Crippen LogP contribution in [-0.4, -0.2) is 23.9 Å². The maximum atomic E-state index is 12.4. The summed E-state index contributed by atoms with van der Waals surface area (Å²) in [6.45, 7) is 8.06. The van der Waals surface area contributed by atoms with Gasteiger partial charge < -0.3 is 10.3 Å². The molecule has 1 heterocycles. The predicted octanol–water partition coefficient (Wildman–Crippen LogP) is 2.01. The summed E-state index contributed by atoms with van der Waals surface area (Å²) in [5, 5.41) is 0. The zero-order chi connectivity index (χ0) is 13.3. The molecule has 1 aliphatic heterocycles. The number of nitrogens with two attached hydrogens (primary N) is 1. The van der Waals surface area contributed by atoms with Crippen LogP contribution in [-0.2, 0) is 0 Å². The van der Waals surface area contributed by atoms with Gasteiger partial charge in [0.1, 0.15) is 0 Å². The number of hydrazine groups is 1. The number of rotatable bonds is 2. The number of hydrogen-bond acceptors (Lipinski definition) is 3. The summed E-state index contributed by atoms with van der Waals surface area (Å²) in [7, 11) is 0. The highest BCUT2D eigenvalue weighted by Gasteiger charge is 2.30. The maximum absolute atomic E-state index is 12.4. The minimum Gasteiger partial charge on any atom is -0.338 e. The van der Waals surface area contributed by atoms with Gasteiger partial charge in [-0.2, -0.15) is 0 Å². The number of hydrogen-bond donors (Lipinski definition) is 2. The van der Waals surface area contributed by atoms with Crippen LogP contribution in [0.25, 0.3) is 0 Å². The lowest BCUT2D eigenvalue weighted by Crippen LogP contribution is -2.29.